The van der Waals surface area contributed by atoms with E-state index in [2.05, 4.69) is 9.97 Å². The Morgan fingerprint density at radius 2 is 1.81 bits per heavy atom. The van der Waals surface area contributed by atoms with Crippen LogP contribution in [0.5, 0.6) is 0 Å². The number of aryl methyl sites for hydroxylation is 1. The molecular formula is C22H22F2N4O3. The molecule has 0 aliphatic carbocycles. The minimum absolute atomic E-state index is 0.160. The van der Waals surface area contributed by atoms with Gasteiger partial charge in [0.15, 0.2) is 5.60 Å². The lowest BCUT2D eigenvalue weighted by Gasteiger charge is -2.37. The highest BCUT2D eigenvalue weighted by atomic mass is 19.1. The first kappa shape index (κ1) is 20.0. The van der Waals surface area contributed by atoms with E-state index in [4.69, 9.17) is 4.74 Å². The van der Waals surface area contributed by atoms with Gasteiger partial charge < -0.3 is 14.5 Å². The van der Waals surface area contributed by atoms with Gasteiger partial charge in [-0.1, -0.05) is 0 Å². The lowest BCUT2D eigenvalue weighted by Crippen LogP contribution is -2.51. The molecule has 4 heterocycles. The first-order valence-corrected chi connectivity index (χ1v) is 10.4. The number of aromatic nitrogens is 2. The van der Waals surface area contributed by atoms with E-state index in [1.807, 2.05) is 0 Å². The molecule has 3 fully saturated rings. The monoisotopic (exact) mass is 428 g/mol. The van der Waals surface area contributed by atoms with E-state index in [-0.39, 0.29) is 17.5 Å². The molecule has 1 spiro atoms. The van der Waals surface area contributed by atoms with E-state index >= 15 is 0 Å². The van der Waals surface area contributed by atoms with Crippen LogP contribution >= 0.6 is 0 Å². The number of hydrogen-bond acceptors (Lipinski definition) is 5. The predicted molar refractivity (Wildman–Crippen MR) is 105 cm³/mol. The third-order valence-electron chi connectivity index (χ3n) is 6.45. The van der Waals surface area contributed by atoms with E-state index in [1.54, 1.807) is 22.9 Å². The summed E-state index contributed by atoms with van der Waals surface area (Å²) in [5.74, 6) is -1.70. The molecule has 5 rings (SSSR count). The van der Waals surface area contributed by atoms with Crippen LogP contribution in [0, 0.1) is 18.6 Å². The fourth-order valence-corrected chi connectivity index (χ4v) is 4.88. The summed E-state index contributed by atoms with van der Waals surface area (Å²) in [5.41, 5.74) is 0.450. The Morgan fingerprint density at radius 1 is 1.10 bits per heavy atom. The van der Waals surface area contributed by atoms with E-state index in [0.29, 0.717) is 44.3 Å². The van der Waals surface area contributed by atoms with Gasteiger partial charge in [0.2, 0.25) is 0 Å². The summed E-state index contributed by atoms with van der Waals surface area (Å²) in [5, 5.41) is 0. The number of likely N-dealkylation sites (tertiary alicyclic amines) is 1. The maximum Gasteiger partial charge on any atom is 0.274 e. The quantitative estimate of drug-likeness (QED) is 0.735. The number of fused-ring (bicyclic) bond motifs is 1. The number of rotatable bonds is 2. The SMILES string of the molecule is Cc1cnc(C(=O)N2CCC3(CC2)O[C@@H]2CC[C@@H](c4cc(F)cc(F)c4)N2C3=O)cn1. The van der Waals surface area contributed by atoms with Crippen molar-refractivity contribution in [3.05, 3.63) is 59.2 Å². The van der Waals surface area contributed by atoms with Gasteiger partial charge in [0, 0.05) is 38.2 Å². The molecule has 3 aliphatic rings. The molecule has 1 aromatic carbocycles. The molecule has 2 atom stereocenters. The molecule has 0 N–H and O–H groups in total. The largest absolute Gasteiger partial charge is 0.342 e. The van der Waals surface area contributed by atoms with Gasteiger partial charge in [-0.3, -0.25) is 14.6 Å². The fourth-order valence-electron chi connectivity index (χ4n) is 4.88. The number of nitrogens with zero attached hydrogens (tertiary/aromatic N) is 4. The third kappa shape index (κ3) is 3.37. The van der Waals surface area contributed by atoms with Crippen molar-refractivity contribution in [2.75, 3.05) is 13.1 Å². The zero-order chi connectivity index (χ0) is 21.8. The summed E-state index contributed by atoms with van der Waals surface area (Å²) in [4.78, 5) is 37.6. The minimum Gasteiger partial charge on any atom is -0.342 e. The van der Waals surface area contributed by atoms with Gasteiger partial charge >= 0.3 is 0 Å². The van der Waals surface area contributed by atoms with E-state index < -0.39 is 29.5 Å². The van der Waals surface area contributed by atoms with Gasteiger partial charge in [0.05, 0.1) is 17.9 Å². The normalized spacial score (nSPS) is 24.7. The number of carbonyl (C=O) groups excluding carboxylic acids is 2. The Labute approximate surface area is 178 Å². The van der Waals surface area contributed by atoms with Gasteiger partial charge in [-0.2, -0.15) is 0 Å². The first-order valence-electron chi connectivity index (χ1n) is 10.4. The second kappa shape index (κ2) is 7.33. The van der Waals surface area contributed by atoms with Crippen molar-refractivity contribution in [2.45, 2.75) is 50.5 Å². The molecule has 3 aliphatic heterocycles. The van der Waals surface area contributed by atoms with Gasteiger partial charge in [-0.05, 0) is 37.5 Å². The van der Waals surface area contributed by atoms with Gasteiger partial charge in [0.25, 0.3) is 11.8 Å². The molecule has 0 radical (unpaired) electrons. The van der Waals surface area contributed by atoms with Crippen LogP contribution in [0.1, 0.15) is 53.5 Å². The van der Waals surface area contributed by atoms with Gasteiger partial charge in [-0.25, -0.2) is 13.8 Å². The van der Waals surface area contributed by atoms with Crippen LogP contribution in [0.2, 0.25) is 0 Å². The van der Waals surface area contributed by atoms with Crippen LogP contribution in [-0.4, -0.2) is 56.5 Å². The summed E-state index contributed by atoms with van der Waals surface area (Å²) in [6.07, 6.45) is 4.53. The van der Waals surface area contributed by atoms with Crippen LogP contribution in [0.15, 0.2) is 30.6 Å². The van der Waals surface area contributed by atoms with E-state index in [0.717, 1.165) is 11.8 Å². The van der Waals surface area contributed by atoms with Crippen LogP contribution < -0.4 is 0 Å². The van der Waals surface area contributed by atoms with Crippen molar-refractivity contribution >= 4 is 11.8 Å². The number of amides is 2. The highest BCUT2D eigenvalue weighted by Gasteiger charge is 2.58. The highest BCUT2D eigenvalue weighted by Crippen LogP contribution is 2.47. The van der Waals surface area contributed by atoms with Crippen LogP contribution in [0.3, 0.4) is 0 Å². The number of piperidine rings is 1. The fraction of sp³-hybridized carbons (Fsp3) is 0.455. The van der Waals surface area contributed by atoms with Crippen LogP contribution in [0.4, 0.5) is 8.78 Å². The average Bonchev–Trinajstić information content (AvgIpc) is 3.26. The van der Waals surface area contributed by atoms with Crippen molar-refractivity contribution in [3.63, 3.8) is 0 Å². The second-order valence-corrected chi connectivity index (χ2v) is 8.41. The molecular weight excluding hydrogens is 406 g/mol. The molecule has 2 amide bonds. The molecule has 2 aromatic rings. The van der Waals surface area contributed by atoms with Crippen molar-refractivity contribution in [2.24, 2.45) is 0 Å². The molecule has 31 heavy (non-hydrogen) atoms. The van der Waals surface area contributed by atoms with E-state index in [1.165, 1.54) is 18.3 Å². The van der Waals surface area contributed by atoms with Crippen LogP contribution in [0.25, 0.3) is 0 Å². The van der Waals surface area contributed by atoms with Crippen molar-refractivity contribution in [1.82, 2.24) is 19.8 Å². The highest BCUT2D eigenvalue weighted by molar-refractivity contribution is 5.93. The number of carbonyl (C=O) groups is 2. The molecule has 7 nitrogen and oxygen atoms in total. The summed E-state index contributed by atoms with van der Waals surface area (Å²) in [7, 11) is 0. The lowest BCUT2D eigenvalue weighted by molar-refractivity contribution is -0.142. The lowest BCUT2D eigenvalue weighted by atomic mass is 9.89. The van der Waals surface area contributed by atoms with E-state index in [9.17, 15) is 18.4 Å². The Bertz CT molecular complexity index is 1020. The number of hydrogen-bond donors (Lipinski definition) is 0. The zero-order valence-corrected chi connectivity index (χ0v) is 17.1. The summed E-state index contributed by atoms with van der Waals surface area (Å²) < 4.78 is 33.7. The molecule has 162 valence electrons. The molecule has 0 bridgehead atoms. The van der Waals surface area contributed by atoms with Crippen LogP contribution in [-0.2, 0) is 9.53 Å². The summed E-state index contributed by atoms with van der Waals surface area (Å²) >= 11 is 0. The number of halogens is 2. The Hall–Kier alpha value is -2.94. The second-order valence-electron chi connectivity index (χ2n) is 8.41. The maximum atomic E-state index is 13.7. The predicted octanol–water partition coefficient (Wildman–Crippen LogP) is 2.76. The van der Waals surface area contributed by atoms with Crippen molar-refractivity contribution < 1.29 is 23.1 Å². The Balaban J connectivity index is 1.31. The summed E-state index contributed by atoms with van der Waals surface area (Å²) in [6.45, 7) is 2.52. The van der Waals surface area contributed by atoms with Gasteiger partial charge in [-0.15, -0.1) is 0 Å². The Kier molecular flexibility index (Phi) is 4.73. The molecule has 9 heteroatoms. The number of benzene rings is 1. The average molecular weight is 428 g/mol. The first-order chi connectivity index (χ1) is 14.9. The molecule has 3 saturated heterocycles. The van der Waals surface area contributed by atoms with Crippen molar-refractivity contribution in [1.29, 1.82) is 0 Å². The maximum absolute atomic E-state index is 13.7. The molecule has 1 aromatic heterocycles. The topological polar surface area (TPSA) is 75.6 Å². The standard InChI is InChI=1S/C22H22F2N4O3/c1-13-11-26-17(12-25-13)20(29)27-6-4-22(5-7-27)21(30)28-18(2-3-19(28)31-22)14-8-15(23)10-16(24)9-14/h8-12,18-19H,2-7H2,1H3/t18-,19+/m0/s1. The van der Waals surface area contributed by atoms with Gasteiger partial charge in [0.1, 0.15) is 23.6 Å². The molecule has 0 saturated carbocycles. The third-order valence-corrected chi connectivity index (χ3v) is 6.45. The molecule has 0 unspecified atom stereocenters. The zero-order valence-electron chi connectivity index (χ0n) is 17.1. The number of ether oxygens (including phenoxy) is 1. The summed E-state index contributed by atoms with van der Waals surface area (Å²) in [6, 6.07) is 2.96. The Morgan fingerprint density at radius 3 is 2.45 bits per heavy atom. The minimum atomic E-state index is -0.995. The smallest absolute Gasteiger partial charge is 0.274 e. The van der Waals surface area contributed by atoms with Crippen molar-refractivity contribution in [3.8, 4) is 0 Å².